The highest BCUT2D eigenvalue weighted by Crippen LogP contribution is 2.18. The van der Waals surface area contributed by atoms with Crippen LogP contribution in [0.1, 0.15) is 26.5 Å². The molecule has 0 aliphatic heterocycles. The summed E-state index contributed by atoms with van der Waals surface area (Å²) in [5.74, 6) is 0.464. The lowest BCUT2D eigenvalue weighted by atomic mass is 10.1. The topological polar surface area (TPSA) is 72.7 Å². The van der Waals surface area contributed by atoms with E-state index in [4.69, 9.17) is 4.74 Å². The summed E-state index contributed by atoms with van der Waals surface area (Å²) in [4.78, 5) is 30.6. The van der Waals surface area contributed by atoms with Crippen molar-refractivity contribution in [1.29, 1.82) is 0 Å². The van der Waals surface area contributed by atoms with Gasteiger partial charge in [0.25, 0.3) is 11.5 Å². The largest absolute Gasteiger partial charge is 0.487 e. The fraction of sp³-hybridized carbons (Fsp3) is 0.136. The second-order valence-electron chi connectivity index (χ2n) is 6.71. The van der Waals surface area contributed by atoms with Crippen molar-refractivity contribution >= 4 is 27.9 Å². The number of carbonyl (C=O) groups is 1. The Kier molecular flexibility index (Phi) is 5.14. The second-order valence-corrected chi connectivity index (χ2v) is 7.93. The number of aromatic nitrogens is 2. The molecule has 1 amide bonds. The second kappa shape index (κ2) is 7.89. The number of nitrogens with zero attached hydrogens (tertiary/aromatic N) is 2. The van der Waals surface area contributed by atoms with Crippen molar-refractivity contribution in [2.24, 2.45) is 0 Å². The summed E-state index contributed by atoms with van der Waals surface area (Å²) in [6.07, 6.45) is 1.78. The third kappa shape index (κ3) is 4.35. The SMILES string of the molecule is Cc1ccc(C(=O)Nc2ccc(OCc3cc(=O)n4cc(C)sc4n3)cc2)cc1. The molecule has 7 heteroatoms. The van der Waals surface area contributed by atoms with Crippen LogP contribution in [0.3, 0.4) is 0 Å². The van der Waals surface area contributed by atoms with Crippen LogP contribution in [0.4, 0.5) is 5.69 Å². The lowest BCUT2D eigenvalue weighted by molar-refractivity contribution is 0.102. The van der Waals surface area contributed by atoms with Gasteiger partial charge in [0, 0.05) is 28.4 Å². The standard InChI is InChI=1S/C22H19N3O3S/c1-14-3-5-16(6-4-14)21(27)23-17-7-9-19(10-8-17)28-13-18-11-20(26)25-12-15(2)29-22(25)24-18/h3-12H,13H2,1-2H3,(H,23,27). The number of ether oxygens (including phenoxy) is 1. The smallest absolute Gasteiger partial charge is 0.258 e. The van der Waals surface area contributed by atoms with Gasteiger partial charge in [0.15, 0.2) is 4.96 Å². The molecule has 0 unspecified atom stereocenters. The molecule has 0 spiro atoms. The number of hydrogen-bond donors (Lipinski definition) is 1. The molecule has 2 aromatic heterocycles. The van der Waals surface area contributed by atoms with Crippen molar-refractivity contribution in [3.05, 3.63) is 92.8 Å². The van der Waals surface area contributed by atoms with Gasteiger partial charge >= 0.3 is 0 Å². The maximum absolute atomic E-state index is 12.3. The summed E-state index contributed by atoms with van der Waals surface area (Å²) >= 11 is 1.46. The number of aryl methyl sites for hydroxylation is 2. The van der Waals surface area contributed by atoms with Crippen LogP contribution in [0, 0.1) is 13.8 Å². The molecule has 0 aliphatic carbocycles. The maximum atomic E-state index is 12.3. The van der Waals surface area contributed by atoms with Gasteiger partial charge in [-0.3, -0.25) is 14.0 Å². The van der Waals surface area contributed by atoms with Gasteiger partial charge in [0.2, 0.25) is 0 Å². The molecular weight excluding hydrogens is 386 g/mol. The van der Waals surface area contributed by atoms with Crippen molar-refractivity contribution in [2.75, 3.05) is 5.32 Å². The number of benzene rings is 2. The molecule has 1 N–H and O–H groups in total. The molecule has 0 radical (unpaired) electrons. The summed E-state index contributed by atoms with van der Waals surface area (Å²) in [6, 6.07) is 16.0. The molecular formula is C22H19N3O3S. The minimum Gasteiger partial charge on any atom is -0.487 e. The van der Waals surface area contributed by atoms with Gasteiger partial charge in [-0.05, 0) is 50.2 Å². The number of anilines is 1. The van der Waals surface area contributed by atoms with Crippen molar-refractivity contribution in [1.82, 2.24) is 9.38 Å². The number of carbonyl (C=O) groups excluding carboxylic acids is 1. The molecule has 2 heterocycles. The number of fused-ring (bicyclic) bond motifs is 1. The molecule has 0 saturated carbocycles. The Morgan fingerprint density at radius 1 is 1.10 bits per heavy atom. The van der Waals surface area contributed by atoms with Crippen LogP contribution >= 0.6 is 11.3 Å². The van der Waals surface area contributed by atoms with E-state index in [0.717, 1.165) is 10.4 Å². The minimum absolute atomic E-state index is 0.118. The first-order chi connectivity index (χ1) is 14.0. The molecule has 0 bridgehead atoms. The third-order valence-electron chi connectivity index (χ3n) is 4.35. The highest BCUT2D eigenvalue weighted by Gasteiger charge is 2.08. The first-order valence-electron chi connectivity index (χ1n) is 9.07. The van der Waals surface area contributed by atoms with Crippen LogP contribution in [-0.2, 0) is 6.61 Å². The Morgan fingerprint density at radius 2 is 1.83 bits per heavy atom. The summed E-state index contributed by atoms with van der Waals surface area (Å²) < 4.78 is 7.28. The van der Waals surface area contributed by atoms with E-state index in [9.17, 15) is 9.59 Å². The number of hydrogen-bond acceptors (Lipinski definition) is 5. The highest BCUT2D eigenvalue weighted by atomic mass is 32.1. The number of rotatable bonds is 5. The molecule has 29 heavy (non-hydrogen) atoms. The molecule has 0 aliphatic rings. The molecule has 2 aromatic carbocycles. The predicted molar refractivity (Wildman–Crippen MR) is 114 cm³/mol. The highest BCUT2D eigenvalue weighted by molar-refractivity contribution is 7.16. The molecule has 0 fully saturated rings. The average Bonchev–Trinajstić information content (AvgIpc) is 3.09. The Balaban J connectivity index is 1.40. The fourth-order valence-corrected chi connectivity index (χ4v) is 3.68. The zero-order valence-electron chi connectivity index (χ0n) is 16.0. The van der Waals surface area contributed by atoms with Crippen LogP contribution in [-0.4, -0.2) is 15.3 Å². The predicted octanol–water partition coefficient (Wildman–Crippen LogP) is 4.20. The van der Waals surface area contributed by atoms with Gasteiger partial charge in [0.05, 0.1) is 5.69 Å². The summed E-state index contributed by atoms with van der Waals surface area (Å²) in [7, 11) is 0. The van der Waals surface area contributed by atoms with Gasteiger partial charge in [-0.2, -0.15) is 0 Å². The Morgan fingerprint density at radius 3 is 2.55 bits per heavy atom. The quantitative estimate of drug-likeness (QED) is 0.540. The van der Waals surface area contributed by atoms with Crippen molar-refractivity contribution in [2.45, 2.75) is 20.5 Å². The van der Waals surface area contributed by atoms with E-state index in [1.807, 2.05) is 26.0 Å². The number of amides is 1. The molecule has 6 nitrogen and oxygen atoms in total. The Hall–Kier alpha value is -3.45. The van der Waals surface area contributed by atoms with Crippen LogP contribution in [0.25, 0.3) is 4.96 Å². The van der Waals surface area contributed by atoms with Gasteiger partial charge in [-0.15, -0.1) is 11.3 Å². The van der Waals surface area contributed by atoms with E-state index in [1.54, 1.807) is 42.6 Å². The van der Waals surface area contributed by atoms with Crippen molar-refractivity contribution < 1.29 is 9.53 Å². The maximum Gasteiger partial charge on any atom is 0.258 e. The fourth-order valence-electron chi connectivity index (χ4n) is 2.83. The molecule has 4 rings (SSSR count). The van der Waals surface area contributed by atoms with E-state index in [2.05, 4.69) is 10.3 Å². The van der Waals surface area contributed by atoms with Gasteiger partial charge < -0.3 is 10.1 Å². The van der Waals surface area contributed by atoms with E-state index in [-0.39, 0.29) is 18.1 Å². The average molecular weight is 405 g/mol. The molecule has 146 valence electrons. The van der Waals surface area contributed by atoms with Gasteiger partial charge in [-0.25, -0.2) is 4.98 Å². The van der Waals surface area contributed by atoms with Crippen LogP contribution in [0.5, 0.6) is 5.75 Å². The normalized spacial score (nSPS) is 10.8. The van der Waals surface area contributed by atoms with E-state index in [1.165, 1.54) is 21.8 Å². The summed E-state index contributed by atoms with van der Waals surface area (Å²) in [5, 5.41) is 2.86. The number of thiazole rings is 1. The Bertz CT molecular complexity index is 1230. The van der Waals surface area contributed by atoms with Crippen molar-refractivity contribution in [3.63, 3.8) is 0 Å². The van der Waals surface area contributed by atoms with E-state index in [0.29, 0.717) is 27.7 Å². The van der Waals surface area contributed by atoms with Crippen LogP contribution < -0.4 is 15.6 Å². The monoisotopic (exact) mass is 405 g/mol. The van der Waals surface area contributed by atoms with Gasteiger partial charge in [0.1, 0.15) is 12.4 Å². The zero-order valence-corrected chi connectivity index (χ0v) is 16.8. The van der Waals surface area contributed by atoms with Crippen LogP contribution in [0.15, 0.2) is 65.6 Å². The van der Waals surface area contributed by atoms with Crippen molar-refractivity contribution in [3.8, 4) is 5.75 Å². The van der Waals surface area contributed by atoms with Crippen LogP contribution in [0.2, 0.25) is 0 Å². The number of nitrogens with one attached hydrogen (secondary N) is 1. The first-order valence-corrected chi connectivity index (χ1v) is 9.89. The van der Waals surface area contributed by atoms with E-state index < -0.39 is 0 Å². The molecule has 4 aromatic rings. The first kappa shape index (κ1) is 18.9. The minimum atomic E-state index is -0.164. The lowest BCUT2D eigenvalue weighted by Gasteiger charge is -2.08. The van der Waals surface area contributed by atoms with Gasteiger partial charge in [-0.1, -0.05) is 17.7 Å². The molecule has 0 atom stereocenters. The summed E-state index contributed by atoms with van der Waals surface area (Å²) in [5.41, 5.74) is 2.84. The summed E-state index contributed by atoms with van der Waals surface area (Å²) in [6.45, 7) is 4.11. The van der Waals surface area contributed by atoms with E-state index >= 15 is 0 Å². The third-order valence-corrected chi connectivity index (χ3v) is 5.25. The Labute approximate surface area is 171 Å². The zero-order chi connectivity index (χ0) is 20.4. The lowest BCUT2D eigenvalue weighted by Crippen LogP contribution is -2.14. The molecule has 0 saturated heterocycles.